The summed E-state index contributed by atoms with van der Waals surface area (Å²) in [6, 6.07) is 16.5. The molecule has 1 aliphatic rings. The van der Waals surface area contributed by atoms with Crippen LogP contribution in [0, 0.1) is 6.92 Å². The second-order valence-electron chi connectivity index (χ2n) is 9.05. The SMILES string of the molecule is Cc1cc(-n2c(=O)n([C@@H]3CCCN(C(=O)/C=C/CF)C3)c3ccnc(N)c32)ccc1Oc1ccccc1. The summed E-state index contributed by atoms with van der Waals surface area (Å²) in [4.78, 5) is 32.3. The second kappa shape index (κ2) is 10.3. The van der Waals surface area contributed by atoms with Gasteiger partial charge in [-0.05, 0) is 67.8 Å². The monoisotopic (exact) mass is 501 g/mol. The molecule has 2 aromatic carbocycles. The van der Waals surface area contributed by atoms with Gasteiger partial charge in [0.25, 0.3) is 0 Å². The summed E-state index contributed by atoms with van der Waals surface area (Å²) in [6.45, 7) is 2.13. The molecular weight excluding hydrogens is 473 g/mol. The maximum Gasteiger partial charge on any atom is 0.334 e. The minimum Gasteiger partial charge on any atom is -0.457 e. The summed E-state index contributed by atoms with van der Waals surface area (Å²) in [7, 11) is 0. The number of carbonyl (C=O) groups excluding carboxylic acids is 1. The number of aromatic nitrogens is 3. The van der Waals surface area contributed by atoms with Crippen LogP contribution in [0.25, 0.3) is 16.7 Å². The molecule has 1 atom stereocenters. The molecule has 1 aliphatic heterocycles. The number of nitrogen functional groups attached to an aromatic ring is 1. The molecule has 0 radical (unpaired) electrons. The van der Waals surface area contributed by atoms with Crippen molar-refractivity contribution in [1.82, 2.24) is 19.0 Å². The van der Waals surface area contributed by atoms with Gasteiger partial charge in [0.05, 0.1) is 17.2 Å². The fraction of sp³-hybridized carbons (Fsp3) is 0.250. The number of likely N-dealkylation sites (tertiary alicyclic amines) is 1. The Balaban J connectivity index is 1.55. The Morgan fingerprint density at radius 3 is 2.78 bits per heavy atom. The van der Waals surface area contributed by atoms with Crippen LogP contribution in [0.2, 0.25) is 0 Å². The van der Waals surface area contributed by atoms with Gasteiger partial charge in [-0.2, -0.15) is 0 Å². The van der Waals surface area contributed by atoms with E-state index in [-0.39, 0.29) is 23.5 Å². The number of amides is 1. The topological polar surface area (TPSA) is 95.4 Å². The number of aryl methyl sites for hydroxylation is 1. The molecule has 37 heavy (non-hydrogen) atoms. The molecule has 0 unspecified atom stereocenters. The molecule has 2 aromatic heterocycles. The van der Waals surface area contributed by atoms with Crippen LogP contribution in [0.4, 0.5) is 10.2 Å². The smallest absolute Gasteiger partial charge is 0.334 e. The Hall–Kier alpha value is -4.40. The molecular formula is C28H28FN5O3. The molecule has 1 fully saturated rings. The van der Waals surface area contributed by atoms with Gasteiger partial charge in [-0.15, -0.1) is 0 Å². The minimum absolute atomic E-state index is 0.241. The van der Waals surface area contributed by atoms with Crippen LogP contribution in [0.5, 0.6) is 11.5 Å². The maximum absolute atomic E-state index is 13.9. The number of pyridine rings is 1. The molecule has 8 nitrogen and oxygen atoms in total. The first kappa shape index (κ1) is 24.3. The number of fused-ring (bicyclic) bond motifs is 1. The predicted octanol–water partition coefficient (Wildman–Crippen LogP) is 4.56. The molecule has 0 saturated carbocycles. The van der Waals surface area contributed by atoms with Gasteiger partial charge in [0.1, 0.15) is 29.5 Å². The Kier molecular flexibility index (Phi) is 6.76. The molecule has 190 valence electrons. The van der Waals surface area contributed by atoms with Gasteiger partial charge < -0.3 is 15.4 Å². The maximum atomic E-state index is 13.9. The third-order valence-electron chi connectivity index (χ3n) is 6.62. The number of anilines is 1. The number of allylic oxidation sites excluding steroid dienone is 1. The number of para-hydroxylation sites is 1. The quantitative estimate of drug-likeness (QED) is 0.391. The Labute approximate surface area is 213 Å². The van der Waals surface area contributed by atoms with Crippen LogP contribution in [-0.2, 0) is 4.79 Å². The van der Waals surface area contributed by atoms with Crippen LogP contribution in [0.15, 0.2) is 77.7 Å². The van der Waals surface area contributed by atoms with Gasteiger partial charge in [0.15, 0.2) is 0 Å². The Morgan fingerprint density at radius 2 is 2.03 bits per heavy atom. The highest BCUT2D eigenvalue weighted by Crippen LogP contribution is 2.31. The highest BCUT2D eigenvalue weighted by molar-refractivity contribution is 5.88. The number of imidazole rings is 1. The molecule has 0 aliphatic carbocycles. The first-order valence-electron chi connectivity index (χ1n) is 12.2. The van der Waals surface area contributed by atoms with E-state index < -0.39 is 6.67 Å². The summed E-state index contributed by atoms with van der Waals surface area (Å²) in [5.74, 6) is 1.38. The van der Waals surface area contributed by atoms with Crippen molar-refractivity contribution >= 4 is 22.8 Å². The lowest BCUT2D eigenvalue weighted by atomic mass is 10.1. The minimum atomic E-state index is -0.698. The number of nitrogens with two attached hydrogens (primary N) is 1. The van der Waals surface area contributed by atoms with E-state index in [1.807, 2.05) is 55.5 Å². The third kappa shape index (κ3) is 4.72. The van der Waals surface area contributed by atoms with E-state index in [2.05, 4.69) is 4.98 Å². The fourth-order valence-electron chi connectivity index (χ4n) is 4.90. The van der Waals surface area contributed by atoms with Gasteiger partial charge in [-0.3, -0.25) is 13.9 Å². The summed E-state index contributed by atoms with van der Waals surface area (Å²) in [5, 5.41) is 0. The predicted molar refractivity (Wildman–Crippen MR) is 141 cm³/mol. The molecule has 0 bridgehead atoms. The molecule has 5 rings (SSSR count). The summed E-state index contributed by atoms with van der Waals surface area (Å²) in [5.41, 5.74) is 8.69. The Morgan fingerprint density at radius 1 is 1.22 bits per heavy atom. The second-order valence-corrected chi connectivity index (χ2v) is 9.05. The van der Waals surface area contributed by atoms with Crippen molar-refractivity contribution < 1.29 is 13.9 Å². The van der Waals surface area contributed by atoms with Crippen LogP contribution in [0.3, 0.4) is 0 Å². The molecule has 4 aromatic rings. The molecule has 1 amide bonds. The molecule has 1 saturated heterocycles. The number of halogens is 1. The number of rotatable bonds is 6. The number of benzene rings is 2. The zero-order valence-electron chi connectivity index (χ0n) is 20.5. The molecule has 9 heteroatoms. The number of carbonyl (C=O) groups is 1. The normalized spacial score (nSPS) is 15.9. The third-order valence-corrected chi connectivity index (χ3v) is 6.62. The number of ether oxygens (including phenoxy) is 1. The average Bonchev–Trinajstić information content (AvgIpc) is 3.22. The van der Waals surface area contributed by atoms with Gasteiger partial charge in [-0.25, -0.2) is 14.2 Å². The lowest BCUT2D eigenvalue weighted by Crippen LogP contribution is -2.42. The van der Waals surface area contributed by atoms with E-state index in [1.54, 1.807) is 26.3 Å². The number of piperidine rings is 1. The number of nitrogens with zero attached hydrogens (tertiary/aromatic N) is 4. The zero-order valence-corrected chi connectivity index (χ0v) is 20.5. The number of alkyl halides is 1. The fourth-order valence-corrected chi connectivity index (χ4v) is 4.90. The van der Waals surface area contributed by atoms with E-state index >= 15 is 0 Å². The molecule has 2 N–H and O–H groups in total. The summed E-state index contributed by atoms with van der Waals surface area (Å²) >= 11 is 0. The largest absolute Gasteiger partial charge is 0.457 e. The number of hydrogen-bond acceptors (Lipinski definition) is 5. The van der Waals surface area contributed by atoms with Gasteiger partial charge in [0.2, 0.25) is 5.91 Å². The van der Waals surface area contributed by atoms with Crippen molar-refractivity contribution in [2.45, 2.75) is 25.8 Å². The van der Waals surface area contributed by atoms with Crippen molar-refractivity contribution in [2.75, 3.05) is 25.5 Å². The van der Waals surface area contributed by atoms with Crippen molar-refractivity contribution in [3.63, 3.8) is 0 Å². The van der Waals surface area contributed by atoms with Crippen molar-refractivity contribution in [2.24, 2.45) is 0 Å². The van der Waals surface area contributed by atoms with E-state index in [0.717, 1.165) is 24.2 Å². The van der Waals surface area contributed by atoms with Crippen molar-refractivity contribution in [3.05, 3.63) is 89.0 Å². The first-order valence-corrected chi connectivity index (χ1v) is 12.2. The van der Waals surface area contributed by atoms with Gasteiger partial charge in [-0.1, -0.05) is 18.2 Å². The lowest BCUT2D eigenvalue weighted by Gasteiger charge is -2.32. The summed E-state index contributed by atoms with van der Waals surface area (Å²) < 4.78 is 21.8. The summed E-state index contributed by atoms with van der Waals surface area (Å²) in [6.07, 6.45) is 5.47. The molecule has 0 spiro atoms. The highest BCUT2D eigenvalue weighted by Gasteiger charge is 2.28. The molecule has 3 heterocycles. The first-order chi connectivity index (χ1) is 18.0. The lowest BCUT2D eigenvalue weighted by molar-refractivity contribution is -0.127. The Bertz CT molecular complexity index is 1530. The van der Waals surface area contributed by atoms with Crippen LogP contribution in [0.1, 0.15) is 24.4 Å². The van der Waals surface area contributed by atoms with E-state index in [9.17, 15) is 14.0 Å². The van der Waals surface area contributed by atoms with E-state index in [4.69, 9.17) is 10.5 Å². The number of hydrogen-bond donors (Lipinski definition) is 1. The highest BCUT2D eigenvalue weighted by atomic mass is 19.1. The van der Waals surface area contributed by atoms with Gasteiger partial charge in [0, 0.05) is 25.4 Å². The van der Waals surface area contributed by atoms with E-state index in [0.29, 0.717) is 35.6 Å². The van der Waals surface area contributed by atoms with Gasteiger partial charge >= 0.3 is 5.69 Å². The van der Waals surface area contributed by atoms with Crippen molar-refractivity contribution in [1.29, 1.82) is 0 Å². The van der Waals surface area contributed by atoms with Crippen LogP contribution >= 0.6 is 0 Å². The van der Waals surface area contributed by atoms with Crippen LogP contribution < -0.4 is 16.2 Å². The van der Waals surface area contributed by atoms with Crippen molar-refractivity contribution in [3.8, 4) is 17.2 Å². The van der Waals surface area contributed by atoms with E-state index in [1.165, 1.54) is 12.2 Å². The standard InChI is InChI=1S/C28H28FN5O3/c1-19-17-20(11-12-24(19)37-22-8-3-2-4-9-22)34-26-23(13-15-31-27(26)30)33(28(34)36)21-7-6-16-32(18-21)25(35)10-5-14-29/h2-5,8-13,15,17,21H,6-7,14,16,18H2,1H3,(H2,30,31)/b10-5+/t21-/m1/s1. The zero-order chi connectivity index (χ0) is 25.9. The average molecular weight is 502 g/mol. The van der Waals surface area contributed by atoms with Crippen LogP contribution in [-0.4, -0.2) is 44.7 Å².